The zero-order valence-electron chi connectivity index (χ0n) is 13.5. The highest BCUT2D eigenvalue weighted by Crippen LogP contribution is 2.22. The fraction of sp³-hybridized carbons (Fsp3) is 1.00. The standard InChI is InChI=1S/C15H32N2O2/c1-12(2)7-16-8-14(10-18-6)17-9-13(3)19-15(4,5)11-17/h12-14,16H,7-11H2,1-6H3. The van der Waals surface area contributed by atoms with Gasteiger partial charge in [0.05, 0.1) is 18.3 Å². The second-order valence-electron chi connectivity index (χ2n) is 6.78. The number of rotatable bonds is 7. The number of methoxy groups -OCH3 is 1. The van der Waals surface area contributed by atoms with Crippen LogP contribution in [0.15, 0.2) is 0 Å². The molecule has 0 amide bonds. The quantitative estimate of drug-likeness (QED) is 0.765. The van der Waals surface area contributed by atoms with Gasteiger partial charge in [0.1, 0.15) is 0 Å². The molecule has 1 aliphatic rings. The minimum absolute atomic E-state index is 0.0678. The molecule has 1 aliphatic heterocycles. The van der Waals surface area contributed by atoms with Gasteiger partial charge in [0.2, 0.25) is 0 Å². The van der Waals surface area contributed by atoms with Crippen molar-refractivity contribution in [2.45, 2.75) is 52.4 Å². The van der Waals surface area contributed by atoms with Crippen LogP contribution in [0.3, 0.4) is 0 Å². The lowest BCUT2D eigenvalue weighted by molar-refractivity contribution is -0.141. The third-order valence-electron chi connectivity index (χ3n) is 3.40. The Morgan fingerprint density at radius 3 is 2.58 bits per heavy atom. The molecule has 4 heteroatoms. The molecule has 0 aromatic heterocycles. The molecule has 0 bridgehead atoms. The SMILES string of the molecule is COCC(CNCC(C)C)N1CC(C)OC(C)(C)C1. The monoisotopic (exact) mass is 272 g/mol. The topological polar surface area (TPSA) is 33.7 Å². The van der Waals surface area contributed by atoms with Gasteiger partial charge in [-0.3, -0.25) is 4.90 Å². The van der Waals surface area contributed by atoms with E-state index in [-0.39, 0.29) is 11.7 Å². The van der Waals surface area contributed by atoms with Crippen LogP contribution < -0.4 is 5.32 Å². The third kappa shape index (κ3) is 6.21. The lowest BCUT2D eigenvalue weighted by Crippen LogP contribution is -2.58. The minimum Gasteiger partial charge on any atom is -0.383 e. The predicted molar refractivity (Wildman–Crippen MR) is 79.6 cm³/mol. The number of hydrogen-bond donors (Lipinski definition) is 1. The minimum atomic E-state index is -0.0678. The fourth-order valence-corrected chi connectivity index (χ4v) is 2.81. The van der Waals surface area contributed by atoms with Crippen molar-refractivity contribution in [3.8, 4) is 0 Å². The van der Waals surface area contributed by atoms with Crippen molar-refractivity contribution in [1.29, 1.82) is 0 Å². The summed E-state index contributed by atoms with van der Waals surface area (Å²) in [6.45, 7) is 15.7. The van der Waals surface area contributed by atoms with Gasteiger partial charge in [-0.15, -0.1) is 0 Å². The Hall–Kier alpha value is -0.160. The average Bonchev–Trinajstić information content (AvgIpc) is 2.24. The van der Waals surface area contributed by atoms with Crippen molar-refractivity contribution < 1.29 is 9.47 Å². The highest BCUT2D eigenvalue weighted by molar-refractivity contribution is 4.87. The Kier molecular flexibility index (Phi) is 6.74. The highest BCUT2D eigenvalue weighted by Gasteiger charge is 2.34. The van der Waals surface area contributed by atoms with Gasteiger partial charge in [0, 0.05) is 32.8 Å². The van der Waals surface area contributed by atoms with Gasteiger partial charge >= 0.3 is 0 Å². The molecule has 1 fully saturated rings. The van der Waals surface area contributed by atoms with E-state index in [1.807, 2.05) is 0 Å². The lowest BCUT2D eigenvalue weighted by atomic mass is 10.0. The number of nitrogens with zero attached hydrogens (tertiary/aromatic N) is 1. The fourth-order valence-electron chi connectivity index (χ4n) is 2.81. The van der Waals surface area contributed by atoms with Crippen molar-refractivity contribution in [1.82, 2.24) is 10.2 Å². The maximum atomic E-state index is 5.97. The Balaban J connectivity index is 2.53. The van der Waals surface area contributed by atoms with Crippen molar-refractivity contribution in [3.63, 3.8) is 0 Å². The van der Waals surface area contributed by atoms with Crippen LogP contribution in [0.25, 0.3) is 0 Å². The van der Waals surface area contributed by atoms with Crippen LogP contribution in [0.4, 0.5) is 0 Å². The zero-order chi connectivity index (χ0) is 14.5. The van der Waals surface area contributed by atoms with Crippen LogP contribution in [-0.2, 0) is 9.47 Å². The molecule has 1 heterocycles. The van der Waals surface area contributed by atoms with Crippen molar-refractivity contribution in [3.05, 3.63) is 0 Å². The Morgan fingerprint density at radius 1 is 1.37 bits per heavy atom. The van der Waals surface area contributed by atoms with Gasteiger partial charge < -0.3 is 14.8 Å². The molecule has 2 unspecified atom stereocenters. The molecule has 0 aromatic rings. The van der Waals surface area contributed by atoms with Crippen LogP contribution in [0.5, 0.6) is 0 Å². The van der Waals surface area contributed by atoms with Gasteiger partial charge in [0.15, 0.2) is 0 Å². The summed E-state index contributed by atoms with van der Waals surface area (Å²) in [6, 6.07) is 0.425. The predicted octanol–water partition coefficient (Wildman–Crippen LogP) is 1.75. The summed E-state index contributed by atoms with van der Waals surface area (Å²) in [5.41, 5.74) is -0.0678. The van der Waals surface area contributed by atoms with Gasteiger partial charge in [-0.05, 0) is 33.2 Å². The second kappa shape index (κ2) is 7.58. The van der Waals surface area contributed by atoms with Crippen LogP contribution >= 0.6 is 0 Å². The normalized spacial score (nSPS) is 25.7. The van der Waals surface area contributed by atoms with Crippen LogP contribution in [-0.4, -0.2) is 62.5 Å². The van der Waals surface area contributed by atoms with E-state index in [1.54, 1.807) is 7.11 Å². The van der Waals surface area contributed by atoms with Crippen molar-refractivity contribution in [2.75, 3.05) is 39.9 Å². The van der Waals surface area contributed by atoms with Crippen molar-refractivity contribution >= 4 is 0 Å². The van der Waals surface area contributed by atoms with E-state index in [1.165, 1.54) is 0 Å². The smallest absolute Gasteiger partial charge is 0.0757 e. The molecule has 1 saturated heterocycles. The summed E-state index contributed by atoms with van der Waals surface area (Å²) >= 11 is 0. The molecule has 2 atom stereocenters. The van der Waals surface area contributed by atoms with E-state index in [9.17, 15) is 0 Å². The molecular formula is C15H32N2O2. The third-order valence-corrected chi connectivity index (χ3v) is 3.40. The Morgan fingerprint density at radius 2 is 2.05 bits per heavy atom. The van der Waals surface area contributed by atoms with Crippen LogP contribution in [0.2, 0.25) is 0 Å². The van der Waals surface area contributed by atoms with Crippen LogP contribution in [0.1, 0.15) is 34.6 Å². The second-order valence-corrected chi connectivity index (χ2v) is 6.78. The summed E-state index contributed by atoms with van der Waals surface area (Å²) in [6.07, 6.45) is 0.285. The molecule has 1 rings (SSSR count). The molecule has 0 spiro atoms. The zero-order valence-corrected chi connectivity index (χ0v) is 13.5. The average molecular weight is 272 g/mol. The number of ether oxygens (including phenoxy) is 2. The van der Waals surface area contributed by atoms with E-state index in [0.29, 0.717) is 12.0 Å². The Labute approximate surface area is 118 Å². The molecule has 1 N–H and O–H groups in total. The number of hydrogen-bond acceptors (Lipinski definition) is 4. The highest BCUT2D eigenvalue weighted by atomic mass is 16.5. The lowest BCUT2D eigenvalue weighted by Gasteiger charge is -2.45. The number of nitrogens with one attached hydrogen (secondary N) is 1. The summed E-state index contributed by atoms with van der Waals surface area (Å²) in [7, 11) is 1.78. The first-order chi connectivity index (χ1) is 8.84. The number of morpholine rings is 1. The molecule has 19 heavy (non-hydrogen) atoms. The largest absolute Gasteiger partial charge is 0.383 e. The van der Waals surface area contributed by atoms with Crippen LogP contribution in [0, 0.1) is 5.92 Å². The summed E-state index contributed by atoms with van der Waals surface area (Å²) in [5.74, 6) is 0.684. The first-order valence-corrected chi connectivity index (χ1v) is 7.45. The van der Waals surface area contributed by atoms with E-state index in [0.717, 1.165) is 32.8 Å². The molecule has 0 aliphatic carbocycles. The molecule has 0 aromatic carbocycles. The maximum absolute atomic E-state index is 5.97. The van der Waals surface area contributed by atoms with Gasteiger partial charge in [-0.1, -0.05) is 13.8 Å². The summed E-state index contributed by atoms with van der Waals surface area (Å²) < 4.78 is 11.4. The van der Waals surface area contributed by atoms with Crippen molar-refractivity contribution in [2.24, 2.45) is 5.92 Å². The first-order valence-electron chi connectivity index (χ1n) is 7.45. The molecular weight excluding hydrogens is 240 g/mol. The first kappa shape index (κ1) is 16.9. The van der Waals surface area contributed by atoms with Gasteiger partial charge in [0.25, 0.3) is 0 Å². The van der Waals surface area contributed by atoms with E-state index in [4.69, 9.17) is 9.47 Å². The van der Waals surface area contributed by atoms with E-state index < -0.39 is 0 Å². The summed E-state index contributed by atoms with van der Waals surface area (Å²) in [4.78, 5) is 2.50. The molecule has 0 radical (unpaired) electrons. The molecule has 114 valence electrons. The maximum Gasteiger partial charge on any atom is 0.0757 e. The Bertz CT molecular complexity index is 257. The summed E-state index contributed by atoms with van der Waals surface area (Å²) in [5, 5.41) is 3.55. The van der Waals surface area contributed by atoms with E-state index in [2.05, 4.69) is 44.8 Å². The van der Waals surface area contributed by atoms with Gasteiger partial charge in [-0.2, -0.15) is 0 Å². The van der Waals surface area contributed by atoms with Gasteiger partial charge in [-0.25, -0.2) is 0 Å². The van der Waals surface area contributed by atoms with E-state index >= 15 is 0 Å². The molecule has 0 saturated carbocycles. The molecule has 4 nitrogen and oxygen atoms in total.